The van der Waals surface area contributed by atoms with E-state index in [2.05, 4.69) is 42.3 Å². The number of nitrogens with zero attached hydrogens (tertiary/aromatic N) is 2. The average molecular weight is 490 g/mol. The molecule has 0 spiro atoms. The molecule has 5 rings (SSSR count). The number of halogens is 1. The molecule has 31 heavy (non-hydrogen) atoms. The van der Waals surface area contributed by atoms with Crippen LogP contribution >= 0.6 is 46.4 Å². The largest absolute Gasteiger partial charge is 0.317 e. The predicted octanol–water partition coefficient (Wildman–Crippen LogP) is 6.46. The lowest BCUT2D eigenvalue weighted by Crippen LogP contribution is -2.35. The highest BCUT2D eigenvalue weighted by molar-refractivity contribution is 7.23. The predicted molar refractivity (Wildman–Crippen MR) is 136 cm³/mol. The van der Waals surface area contributed by atoms with E-state index in [1.54, 1.807) is 34.0 Å². The molecule has 1 amide bonds. The van der Waals surface area contributed by atoms with Gasteiger partial charge in [-0.1, -0.05) is 18.2 Å². The number of rotatable bonds is 5. The maximum atomic E-state index is 12.8. The highest BCUT2D eigenvalue weighted by Gasteiger charge is 2.28. The van der Waals surface area contributed by atoms with Crippen LogP contribution in [0.15, 0.2) is 41.8 Å². The minimum absolute atomic E-state index is 0. The third kappa shape index (κ3) is 4.56. The van der Waals surface area contributed by atoms with Crippen molar-refractivity contribution in [2.24, 2.45) is 0 Å². The Bertz CT molecular complexity index is 1160. The van der Waals surface area contributed by atoms with Gasteiger partial charge in [-0.15, -0.1) is 46.4 Å². The molecule has 0 saturated heterocycles. The first kappa shape index (κ1) is 22.4. The number of para-hydroxylation sites is 1. The first-order chi connectivity index (χ1) is 14.6. The third-order valence-electron chi connectivity index (χ3n) is 5.49. The molecule has 0 aliphatic carbocycles. The van der Waals surface area contributed by atoms with Crippen LogP contribution in [0.3, 0.4) is 0 Å². The number of thiophene rings is 2. The molecule has 0 radical (unpaired) electrons. The SMILES string of the molecule is CC(C)N1CCc2c(sc(NC(=O)Cc3cccs3)c2-c2nc3ccccc3s2)C1.Cl. The van der Waals surface area contributed by atoms with Crippen molar-refractivity contribution in [3.05, 3.63) is 57.1 Å². The topological polar surface area (TPSA) is 45.2 Å². The van der Waals surface area contributed by atoms with E-state index in [0.29, 0.717) is 12.5 Å². The number of aromatic nitrogens is 1. The molecule has 1 aromatic carbocycles. The fourth-order valence-electron chi connectivity index (χ4n) is 3.90. The fraction of sp³-hybridized carbons (Fsp3) is 0.304. The number of anilines is 1. The summed E-state index contributed by atoms with van der Waals surface area (Å²) in [5.74, 6) is 0.0409. The number of hydrogen-bond donors (Lipinski definition) is 1. The van der Waals surface area contributed by atoms with E-state index in [0.717, 1.165) is 45.5 Å². The number of fused-ring (bicyclic) bond motifs is 2. The van der Waals surface area contributed by atoms with Crippen LogP contribution in [-0.2, 0) is 24.2 Å². The highest BCUT2D eigenvalue weighted by atomic mass is 35.5. The van der Waals surface area contributed by atoms with E-state index in [1.807, 2.05) is 23.6 Å². The van der Waals surface area contributed by atoms with Crippen LogP contribution in [-0.4, -0.2) is 28.4 Å². The van der Waals surface area contributed by atoms with Gasteiger partial charge in [0, 0.05) is 34.4 Å². The van der Waals surface area contributed by atoms with Crippen molar-refractivity contribution in [3.63, 3.8) is 0 Å². The standard InChI is InChI=1S/C23H23N3OS3.ClH/c1-14(2)26-10-9-16-19(13-26)30-23(25-20(27)12-15-6-5-11-28-15)21(16)22-24-17-7-3-4-8-18(17)29-22;/h3-8,11,14H,9-10,12-13H2,1-2H3,(H,25,27);1H. The smallest absolute Gasteiger partial charge is 0.230 e. The molecule has 162 valence electrons. The maximum Gasteiger partial charge on any atom is 0.230 e. The van der Waals surface area contributed by atoms with Crippen molar-refractivity contribution in [3.8, 4) is 10.6 Å². The molecule has 4 aromatic rings. The summed E-state index contributed by atoms with van der Waals surface area (Å²) in [5.41, 5.74) is 3.52. The molecule has 1 aliphatic heterocycles. The Kier molecular flexibility index (Phi) is 6.79. The summed E-state index contributed by atoms with van der Waals surface area (Å²) in [5, 5.41) is 7.20. The zero-order chi connectivity index (χ0) is 20.7. The van der Waals surface area contributed by atoms with Crippen LogP contribution in [0.1, 0.15) is 29.2 Å². The number of hydrogen-bond acceptors (Lipinski definition) is 6. The summed E-state index contributed by atoms with van der Waals surface area (Å²) < 4.78 is 1.18. The quantitative estimate of drug-likeness (QED) is 0.350. The number of amides is 1. The summed E-state index contributed by atoms with van der Waals surface area (Å²) >= 11 is 5.06. The van der Waals surface area contributed by atoms with Gasteiger partial charge in [0.25, 0.3) is 0 Å². The molecule has 0 unspecified atom stereocenters. The second kappa shape index (κ2) is 9.38. The summed E-state index contributed by atoms with van der Waals surface area (Å²) in [6.45, 7) is 6.48. The van der Waals surface area contributed by atoms with Crippen molar-refractivity contribution < 1.29 is 4.79 Å². The minimum Gasteiger partial charge on any atom is -0.317 e. The van der Waals surface area contributed by atoms with E-state index in [9.17, 15) is 4.79 Å². The third-order valence-corrected chi connectivity index (χ3v) is 8.55. The van der Waals surface area contributed by atoms with Crippen molar-refractivity contribution in [1.29, 1.82) is 0 Å². The molecule has 4 nitrogen and oxygen atoms in total. The zero-order valence-electron chi connectivity index (χ0n) is 17.4. The first-order valence-corrected chi connectivity index (χ1v) is 12.7. The molecule has 1 N–H and O–H groups in total. The highest BCUT2D eigenvalue weighted by Crippen LogP contribution is 2.45. The van der Waals surface area contributed by atoms with Crippen molar-refractivity contribution in [2.75, 3.05) is 11.9 Å². The average Bonchev–Trinajstić information content (AvgIpc) is 3.44. The van der Waals surface area contributed by atoms with Gasteiger partial charge in [0.1, 0.15) is 10.0 Å². The Labute approximate surface area is 200 Å². The number of nitrogens with one attached hydrogen (secondary N) is 1. The normalized spacial score (nSPS) is 13.9. The molecule has 8 heteroatoms. The van der Waals surface area contributed by atoms with Crippen LogP contribution in [0.2, 0.25) is 0 Å². The molecule has 4 heterocycles. The van der Waals surface area contributed by atoms with Gasteiger partial charge in [-0.3, -0.25) is 9.69 Å². The Hall–Kier alpha value is -1.77. The molecule has 0 bridgehead atoms. The van der Waals surface area contributed by atoms with Gasteiger partial charge in [-0.25, -0.2) is 4.98 Å². The zero-order valence-corrected chi connectivity index (χ0v) is 20.6. The second-order valence-corrected chi connectivity index (χ2v) is 11.0. The van der Waals surface area contributed by atoms with Crippen molar-refractivity contribution in [1.82, 2.24) is 9.88 Å². The number of carbonyl (C=O) groups excluding carboxylic acids is 1. The Balaban J connectivity index is 0.00000231. The molecular weight excluding hydrogens is 466 g/mol. The minimum atomic E-state index is 0. The second-order valence-electron chi connectivity index (χ2n) is 7.81. The van der Waals surface area contributed by atoms with Gasteiger partial charge >= 0.3 is 0 Å². The van der Waals surface area contributed by atoms with E-state index in [1.165, 1.54) is 15.1 Å². The fourth-order valence-corrected chi connectivity index (χ4v) is 7.00. The van der Waals surface area contributed by atoms with Gasteiger partial charge in [0.05, 0.1) is 16.6 Å². The van der Waals surface area contributed by atoms with Gasteiger partial charge in [-0.2, -0.15) is 0 Å². The molecule has 0 atom stereocenters. The monoisotopic (exact) mass is 489 g/mol. The van der Waals surface area contributed by atoms with E-state index in [-0.39, 0.29) is 18.3 Å². The van der Waals surface area contributed by atoms with Crippen LogP contribution in [0.25, 0.3) is 20.8 Å². The molecule has 0 saturated carbocycles. The lowest BCUT2D eigenvalue weighted by molar-refractivity contribution is -0.115. The van der Waals surface area contributed by atoms with Crippen LogP contribution in [0, 0.1) is 0 Å². The van der Waals surface area contributed by atoms with E-state index < -0.39 is 0 Å². The number of thiazole rings is 1. The van der Waals surface area contributed by atoms with Crippen LogP contribution in [0.4, 0.5) is 5.00 Å². The van der Waals surface area contributed by atoms with Crippen LogP contribution in [0.5, 0.6) is 0 Å². The Morgan fingerprint density at radius 3 is 2.77 bits per heavy atom. The summed E-state index contributed by atoms with van der Waals surface area (Å²) in [6.07, 6.45) is 1.41. The van der Waals surface area contributed by atoms with Gasteiger partial charge in [0.2, 0.25) is 5.91 Å². The maximum absolute atomic E-state index is 12.8. The lowest BCUT2D eigenvalue weighted by atomic mass is 10.0. The number of benzene rings is 1. The first-order valence-electron chi connectivity index (χ1n) is 10.1. The van der Waals surface area contributed by atoms with Gasteiger partial charge in [0.15, 0.2) is 0 Å². The summed E-state index contributed by atoms with van der Waals surface area (Å²) in [4.78, 5) is 22.7. The van der Waals surface area contributed by atoms with E-state index in [4.69, 9.17) is 4.98 Å². The van der Waals surface area contributed by atoms with Crippen molar-refractivity contribution in [2.45, 2.75) is 39.3 Å². The number of carbonyl (C=O) groups is 1. The molecule has 1 aliphatic rings. The van der Waals surface area contributed by atoms with E-state index >= 15 is 0 Å². The molecule has 3 aromatic heterocycles. The van der Waals surface area contributed by atoms with Gasteiger partial charge in [-0.05, 0) is 49.4 Å². The molecular formula is C23H24ClN3OS3. The lowest BCUT2D eigenvalue weighted by Gasteiger charge is -2.30. The summed E-state index contributed by atoms with van der Waals surface area (Å²) in [7, 11) is 0. The Morgan fingerprint density at radius 1 is 1.19 bits per heavy atom. The Morgan fingerprint density at radius 2 is 2.03 bits per heavy atom. The molecule has 0 fully saturated rings. The van der Waals surface area contributed by atoms with Crippen LogP contribution < -0.4 is 5.32 Å². The van der Waals surface area contributed by atoms with Crippen molar-refractivity contribution >= 4 is 67.5 Å². The van der Waals surface area contributed by atoms with Gasteiger partial charge < -0.3 is 5.32 Å². The summed E-state index contributed by atoms with van der Waals surface area (Å²) in [6, 6.07) is 12.8.